The highest BCUT2D eigenvalue weighted by Crippen LogP contribution is 2.35. The summed E-state index contributed by atoms with van der Waals surface area (Å²) in [7, 11) is 0. The van der Waals surface area contributed by atoms with Crippen molar-refractivity contribution in [2.24, 2.45) is 0 Å². The van der Waals surface area contributed by atoms with Gasteiger partial charge in [-0.15, -0.1) is 0 Å². The van der Waals surface area contributed by atoms with Gasteiger partial charge < -0.3 is 9.88 Å². The number of pyridine rings is 1. The fraction of sp³-hybridized carbons (Fsp3) is 0.182. The molecule has 1 saturated heterocycles. The van der Waals surface area contributed by atoms with Gasteiger partial charge in [0, 0.05) is 48.2 Å². The summed E-state index contributed by atoms with van der Waals surface area (Å²) in [5, 5.41) is 15.0. The van der Waals surface area contributed by atoms with E-state index in [1.54, 1.807) is 11.1 Å². The molecule has 0 spiro atoms. The van der Waals surface area contributed by atoms with Crippen molar-refractivity contribution in [3.63, 3.8) is 0 Å². The first-order valence-electron chi connectivity index (χ1n) is 9.39. The lowest BCUT2D eigenvalue weighted by Crippen LogP contribution is -2.64. The summed E-state index contributed by atoms with van der Waals surface area (Å²) in [6.07, 6.45) is 7.69. The number of rotatable bonds is 4. The van der Waals surface area contributed by atoms with Gasteiger partial charge in [0.05, 0.1) is 18.7 Å². The van der Waals surface area contributed by atoms with Gasteiger partial charge in [0.1, 0.15) is 11.2 Å². The zero-order chi connectivity index (χ0) is 19.8. The molecule has 1 fully saturated rings. The Hall–Kier alpha value is -3.92. The number of benzene rings is 1. The van der Waals surface area contributed by atoms with E-state index >= 15 is 0 Å². The van der Waals surface area contributed by atoms with Crippen LogP contribution in [0.1, 0.15) is 16.8 Å². The summed E-state index contributed by atoms with van der Waals surface area (Å²) in [5.41, 5.74) is 2.98. The molecule has 1 aliphatic rings. The molecule has 4 heterocycles. The zero-order valence-corrected chi connectivity index (χ0v) is 15.6. The van der Waals surface area contributed by atoms with E-state index in [4.69, 9.17) is 0 Å². The lowest BCUT2D eigenvalue weighted by molar-refractivity contribution is 0.00858. The molecule has 0 saturated carbocycles. The maximum absolute atomic E-state index is 12.7. The number of hydrogen-bond acceptors (Lipinski definition) is 4. The third-order valence-corrected chi connectivity index (χ3v) is 5.53. The van der Waals surface area contributed by atoms with Crippen molar-refractivity contribution in [2.75, 3.05) is 13.1 Å². The third-order valence-electron chi connectivity index (χ3n) is 5.53. The fourth-order valence-corrected chi connectivity index (χ4v) is 3.99. The molecular formula is C22H18N6O. The second-order valence-electron chi connectivity index (χ2n) is 7.36. The maximum Gasteiger partial charge on any atom is 0.254 e. The SMILES string of the molecule is N#CCC1(n2cc(-c3ccnc4[nH]ccc34)cn2)CN(C(=O)c2ccccc2)C1. The number of carbonyl (C=O) groups is 1. The number of H-pyrrole nitrogens is 1. The second-order valence-corrected chi connectivity index (χ2v) is 7.36. The summed E-state index contributed by atoms with van der Waals surface area (Å²) in [6, 6.07) is 15.4. The molecule has 0 aliphatic carbocycles. The normalized spacial score (nSPS) is 15.1. The van der Waals surface area contributed by atoms with Crippen molar-refractivity contribution >= 4 is 16.9 Å². The number of aromatic amines is 1. The van der Waals surface area contributed by atoms with Crippen molar-refractivity contribution in [3.8, 4) is 17.2 Å². The topological polar surface area (TPSA) is 90.6 Å². The summed E-state index contributed by atoms with van der Waals surface area (Å²) >= 11 is 0. The van der Waals surface area contributed by atoms with Crippen molar-refractivity contribution in [3.05, 3.63) is 72.8 Å². The second kappa shape index (κ2) is 6.60. The predicted octanol–water partition coefficient (Wildman–Crippen LogP) is 3.19. The molecule has 0 unspecified atom stereocenters. The highest BCUT2D eigenvalue weighted by atomic mass is 16.2. The molecule has 0 radical (unpaired) electrons. The average molecular weight is 382 g/mol. The largest absolute Gasteiger partial charge is 0.346 e. The lowest BCUT2D eigenvalue weighted by atomic mass is 9.86. The number of amides is 1. The van der Waals surface area contributed by atoms with Crippen LogP contribution in [0.3, 0.4) is 0 Å². The molecule has 1 aliphatic heterocycles. The van der Waals surface area contributed by atoms with Gasteiger partial charge in [-0.3, -0.25) is 9.48 Å². The van der Waals surface area contributed by atoms with Crippen LogP contribution in [0.15, 0.2) is 67.3 Å². The van der Waals surface area contributed by atoms with Crippen LogP contribution in [-0.2, 0) is 5.54 Å². The first-order valence-corrected chi connectivity index (χ1v) is 9.39. The number of nitrogens with one attached hydrogen (secondary N) is 1. The Morgan fingerprint density at radius 1 is 1.21 bits per heavy atom. The average Bonchev–Trinajstić information content (AvgIpc) is 3.40. The quantitative estimate of drug-likeness (QED) is 0.587. The smallest absolute Gasteiger partial charge is 0.254 e. The summed E-state index contributed by atoms with van der Waals surface area (Å²) in [6.45, 7) is 0.927. The van der Waals surface area contributed by atoms with Gasteiger partial charge in [0.25, 0.3) is 5.91 Å². The molecule has 7 nitrogen and oxygen atoms in total. The Morgan fingerprint density at radius 2 is 2.03 bits per heavy atom. The highest BCUT2D eigenvalue weighted by molar-refractivity contribution is 5.95. The van der Waals surface area contributed by atoms with Crippen LogP contribution in [0.25, 0.3) is 22.2 Å². The molecule has 7 heteroatoms. The molecule has 1 N–H and O–H groups in total. The van der Waals surface area contributed by atoms with E-state index in [9.17, 15) is 10.1 Å². The van der Waals surface area contributed by atoms with Crippen molar-refractivity contribution in [1.29, 1.82) is 5.26 Å². The number of hydrogen-bond donors (Lipinski definition) is 1. The first kappa shape index (κ1) is 17.2. The van der Waals surface area contributed by atoms with Gasteiger partial charge in [-0.1, -0.05) is 18.2 Å². The summed E-state index contributed by atoms with van der Waals surface area (Å²) in [5.74, 6) is -0.0188. The van der Waals surface area contributed by atoms with E-state index < -0.39 is 5.54 Å². The van der Waals surface area contributed by atoms with Crippen LogP contribution in [0.5, 0.6) is 0 Å². The minimum Gasteiger partial charge on any atom is -0.346 e. The number of likely N-dealkylation sites (tertiary alicyclic amines) is 1. The van der Waals surface area contributed by atoms with Crippen LogP contribution in [0.2, 0.25) is 0 Å². The van der Waals surface area contributed by atoms with E-state index in [-0.39, 0.29) is 5.91 Å². The van der Waals surface area contributed by atoms with E-state index in [0.29, 0.717) is 25.1 Å². The van der Waals surface area contributed by atoms with Gasteiger partial charge in [-0.05, 0) is 29.8 Å². The Kier molecular flexibility index (Phi) is 3.91. The van der Waals surface area contributed by atoms with Gasteiger partial charge >= 0.3 is 0 Å². The maximum atomic E-state index is 12.7. The molecular weight excluding hydrogens is 364 g/mol. The van der Waals surface area contributed by atoms with Gasteiger partial charge in [-0.25, -0.2) is 4.98 Å². The fourth-order valence-electron chi connectivity index (χ4n) is 3.99. The number of nitriles is 1. The Morgan fingerprint density at radius 3 is 2.83 bits per heavy atom. The van der Waals surface area contributed by atoms with Crippen LogP contribution in [-0.4, -0.2) is 43.6 Å². The minimum atomic E-state index is -0.498. The molecule has 3 aromatic heterocycles. The standard InChI is InChI=1S/C22H18N6O/c23-9-8-22(14-27(15-22)21(29)16-4-2-1-3-5-16)28-13-17(12-26-28)18-6-10-24-20-19(18)7-11-25-20/h1-7,10-13H,8,14-15H2,(H,24,25). The zero-order valence-electron chi connectivity index (χ0n) is 15.6. The van der Waals surface area contributed by atoms with Crippen LogP contribution < -0.4 is 0 Å². The molecule has 1 aromatic carbocycles. The number of nitrogens with zero attached hydrogens (tertiary/aromatic N) is 5. The third kappa shape index (κ3) is 2.77. The van der Waals surface area contributed by atoms with Crippen LogP contribution >= 0.6 is 0 Å². The number of aromatic nitrogens is 4. The molecule has 29 heavy (non-hydrogen) atoms. The van der Waals surface area contributed by atoms with Gasteiger partial charge in [0.2, 0.25) is 0 Å². The Bertz CT molecular complexity index is 1230. The van der Waals surface area contributed by atoms with Crippen molar-refractivity contribution < 1.29 is 4.79 Å². The van der Waals surface area contributed by atoms with Crippen molar-refractivity contribution in [2.45, 2.75) is 12.0 Å². The van der Waals surface area contributed by atoms with E-state index in [1.807, 2.05) is 65.7 Å². The number of fused-ring (bicyclic) bond motifs is 1. The lowest BCUT2D eigenvalue weighted by Gasteiger charge is -2.49. The Balaban J connectivity index is 1.43. The minimum absolute atomic E-state index is 0.0188. The summed E-state index contributed by atoms with van der Waals surface area (Å²) < 4.78 is 1.85. The van der Waals surface area contributed by atoms with Crippen LogP contribution in [0, 0.1) is 11.3 Å². The molecule has 0 bridgehead atoms. The van der Waals surface area contributed by atoms with Gasteiger partial charge in [-0.2, -0.15) is 10.4 Å². The molecule has 4 aromatic rings. The molecule has 1 amide bonds. The molecule has 142 valence electrons. The van der Waals surface area contributed by atoms with E-state index in [2.05, 4.69) is 21.1 Å². The highest BCUT2D eigenvalue weighted by Gasteiger charge is 2.47. The molecule has 0 atom stereocenters. The van der Waals surface area contributed by atoms with E-state index in [1.165, 1.54) is 0 Å². The Labute approximate surface area is 167 Å². The first-order chi connectivity index (χ1) is 14.2. The monoisotopic (exact) mass is 382 g/mol. The molecule has 5 rings (SSSR count). The van der Waals surface area contributed by atoms with E-state index in [0.717, 1.165) is 22.2 Å². The van der Waals surface area contributed by atoms with Crippen LogP contribution in [0.4, 0.5) is 0 Å². The van der Waals surface area contributed by atoms with Gasteiger partial charge in [0.15, 0.2) is 0 Å². The van der Waals surface area contributed by atoms with Crippen molar-refractivity contribution in [1.82, 2.24) is 24.6 Å². The predicted molar refractivity (Wildman–Crippen MR) is 108 cm³/mol. The number of carbonyl (C=O) groups excluding carboxylic acids is 1. The summed E-state index contributed by atoms with van der Waals surface area (Å²) in [4.78, 5) is 21.9.